The zero-order valence-corrected chi connectivity index (χ0v) is 32.1. The first-order chi connectivity index (χ1) is 25.0. The van der Waals surface area contributed by atoms with Crippen LogP contribution in [0.2, 0.25) is 15.1 Å². The normalized spacial score (nSPS) is 13.7. The lowest BCUT2D eigenvalue weighted by Gasteiger charge is -2.35. The summed E-state index contributed by atoms with van der Waals surface area (Å²) in [7, 11) is -0.345. The third kappa shape index (κ3) is 9.06. The molecule has 0 aromatic heterocycles. The molecule has 0 aliphatic heterocycles. The molecule has 0 spiro atoms. The van der Waals surface area contributed by atoms with E-state index in [2.05, 4.69) is 5.32 Å². The SMILES string of the molecule is COc1ccc(S(=O)(=O)N(CC(=O)N(Cc2c(Cl)cccc2Cl)[C@H](Cc2ccccc2)C(=O)NC2CCCC2)c2cc(Cl)ccc2OC)cc1OC. The number of amides is 2. The average Bonchev–Trinajstić information content (AvgIpc) is 3.66. The number of ether oxygens (including phenoxy) is 3. The van der Waals surface area contributed by atoms with E-state index in [1.54, 1.807) is 24.3 Å². The van der Waals surface area contributed by atoms with Gasteiger partial charge in [0.1, 0.15) is 18.3 Å². The minimum Gasteiger partial charge on any atom is -0.495 e. The van der Waals surface area contributed by atoms with Crippen molar-refractivity contribution in [1.29, 1.82) is 0 Å². The standard InChI is InChI=1S/C38H40Cl3N3O7S/c1-49-34-18-16-26(39)21-32(34)44(52(47,48)28-17-19-35(50-2)36(22-28)51-3)24-37(45)43(23-29-30(40)14-9-15-31(29)41)33(20-25-10-5-4-6-11-25)38(46)42-27-12-7-8-13-27/h4-6,9-11,14-19,21-22,27,33H,7-8,12-13,20,23-24H2,1-3H3,(H,42,46)/t33-/m1/s1. The van der Waals surface area contributed by atoms with E-state index in [1.165, 1.54) is 56.6 Å². The molecule has 0 unspecified atom stereocenters. The van der Waals surface area contributed by atoms with Crippen molar-refractivity contribution < 1.29 is 32.2 Å². The molecule has 0 radical (unpaired) electrons. The number of rotatable bonds is 15. The molecule has 276 valence electrons. The molecule has 4 aromatic rings. The highest BCUT2D eigenvalue weighted by atomic mass is 35.5. The summed E-state index contributed by atoms with van der Waals surface area (Å²) in [5.41, 5.74) is 1.20. The fourth-order valence-electron chi connectivity index (χ4n) is 6.25. The highest BCUT2D eigenvalue weighted by Crippen LogP contribution is 2.38. The Kier molecular flexibility index (Phi) is 13.2. The number of carbonyl (C=O) groups excluding carboxylic acids is 2. The number of benzene rings is 4. The van der Waals surface area contributed by atoms with Gasteiger partial charge in [0, 0.05) is 45.7 Å². The number of methoxy groups -OCH3 is 3. The number of sulfonamides is 1. The molecule has 1 saturated carbocycles. The minimum absolute atomic E-state index is 0.00359. The van der Waals surface area contributed by atoms with Gasteiger partial charge in [-0.25, -0.2) is 8.42 Å². The molecule has 1 N–H and O–H groups in total. The van der Waals surface area contributed by atoms with Crippen LogP contribution in [0, 0.1) is 0 Å². The number of nitrogens with one attached hydrogen (secondary N) is 1. The largest absolute Gasteiger partial charge is 0.495 e. The number of anilines is 1. The Bertz CT molecular complexity index is 1970. The van der Waals surface area contributed by atoms with Crippen molar-refractivity contribution in [3.8, 4) is 17.2 Å². The topological polar surface area (TPSA) is 114 Å². The van der Waals surface area contributed by atoms with E-state index >= 15 is 0 Å². The average molecular weight is 789 g/mol. The van der Waals surface area contributed by atoms with Gasteiger partial charge in [-0.3, -0.25) is 13.9 Å². The van der Waals surface area contributed by atoms with Gasteiger partial charge in [0.2, 0.25) is 11.8 Å². The van der Waals surface area contributed by atoms with E-state index in [0.29, 0.717) is 11.3 Å². The van der Waals surface area contributed by atoms with Gasteiger partial charge >= 0.3 is 0 Å². The molecule has 1 aliphatic carbocycles. The first-order valence-electron chi connectivity index (χ1n) is 16.6. The van der Waals surface area contributed by atoms with Crippen molar-refractivity contribution in [2.75, 3.05) is 32.2 Å². The molecule has 0 saturated heterocycles. The van der Waals surface area contributed by atoms with Crippen LogP contribution in [0.4, 0.5) is 5.69 Å². The highest BCUT2D eigenvalue weighted by Gasteiger charge is 2.37. The van der Waals surface area contributed by atoms with Crippen LogP contribution in [0.25, 0.3) is 0 Å². The van der Waals surface area contributed by atoms with Gasteiger partial charge in [-0.2, -0.15) is 0 Å². The number of hydrogen-bond donors (Lipinski definition) is 1. The van der Waals surface area contributed by atoms with Gasteiger partial charge in [-0.1, -0.05) is 84.0 Å². The van der Waals surface area contributed by atoms with Crippen molar-refractivity contribution in [3.63, 3.8) is 0 Å². The van der Waals surface area contributed by atoms with Crippen LogP contribution in [0.3, 0.4) is 0 Å². The summed E-state index contributed by atoms with van der Waals surface area (Å²) in [5, 5.41) is 3.92. The first kappa shape index (κ1) is 39.1. The van der Waals surface area contributed by atoms with Gasteiger partial charge in [-0.05, 0) is 60.9 Å². The van der Waals surface area contributed by atoms with Crippen LogP contribution in [-0.2, 0) is 32.6 Å². The summed E-state index contributed by atoms with van der Waals surface area (Å²) in [6, 6.07) is 21.7. The van der Waals surface area contributed by atoms with E-state index < -0.39 is 28.5 Å². The van der Waals surface area contributed by atoms with Crippen molar-refractivity contribution in [3.05, 3.63) is 111 Å². The number of carbonyl (C=O) groups is 2. The van der Waals surface area contributed by atoms with Gasteiger partial charge in [0.05, 0.1) is 31.9 Å². The lowest BCUT2D eigenvalue weighted by molar-refractivity contribution is -0.140. The second-order valence-electron chi connectivity index (χ2n) is 12.3. The van der Waals surface area contributed by atoms with Gasteiger partial charge in [-0.15, -0.1) is 0 Å². The molecule has 1 atom stereocenters. The molecule has 5 rings (SSSR count). The fraction of sp³-hybridized carbons (Fsp3) is 0.316. The maximum Gasteiger partial charge on any atom is 0.265 e. The van der Waals surface area contributed by atoms with Crippen LogP contribution < -0.4 is 23.8 Å². The Morgan fingerprint density at radius 3 is 2.08 bits per heavy atom. The van der Waals surface area contributed by atoms with Crippen molar-refractivity contribution >= 4 is 62.3 Å². The second-order valence-corrected chi connectivity index (χ2v) is 15.4. The van der Waals surface area contributed by atoms with E-state index in [-0.39, 0.29) is 62.1 Å². The Hall–Kier alpha value is -4.16. The zero-order valence-electron chi connectivity index (χ0n) is 29.0. The molecular formula is C38H40Cl3N3O7S. The third-order valence-electron chi connectivity index (χ3n) is 8.99. The quantitative estimate of drug-likeness (QED) is 0.132. The molecule has 1 aliphatic rings. The summed E-state index contributed by atoms with van der Waals surface area (Å²) in [5.74, 6) is -0.466. The summed E-state index contributed by atoms with van der Waals surface area (Å²) in [6.45, 7) is -0.943. The van der Waals surface area contributed by atoms with E-state index in [0.717, 1.165) is 35.6 Å². The van der Waals surface area contributed by atoms with Gasteiger partial charge in [0.25, 0.3) is 10.0 Å². The fourth-order valence-corrected chi connectivity index (χ4v) is 8.37. The van der Waals surface area contributed by atoms with Gasteiger partial charge < -0.3 is 24.4 Å². The number of nitrogens with zero attached hydrogens (tertiary/aromatic N) is 2. The Balaban J connectivity index is 1.65. The second kappa shape index (κ2) is 17.6. The summed E-state index contributed by atoms with van der Waals surface area (Å²) < 4.78 is 46.5. The van der Waals surface area contributed by atoms with E-state index in [1.807, 2.05) is 30.3 Å². The molecule has 10 nitrogen and oxygen atoms in total. The summed E-state index contributed by atoms with van der Waals surface area (Å²) >= 11 is 19.7. The van der Waals surface area contributed by atoms with Crippen LogP contribution in [-0.4, -0.2) is 65.1 Å². The molecular weight excluding hydrogens is 749 g/mol. The summed E-state index contributed by atoms with van der Waals surface area (Å²) in [6.07, 6.45) is 3.74. The number of halogens is 3. The number of hydrogen-bond acceptors (Lipinski definition) is 7. The van der Waals surface area contributed by atoms with Crippen LogP contribution in [0.15, 0.2) is 89.8 Å². The van der Waals surface area contributed by atoms with Crippen molar-refractivity contribution in [2.45, 2.75) is 55.6 Å². The minimum atomic E-state index is -4.54. The molecule has 0 heterocycles. The van der Waals surface area contributed by atoms with Crippen molar-refractivity contribution in [1.82, 2.24) is 10.2 Å². The predicted molar refractivity (Wildman–Crippen MR) is 203 cm³/mol. The molecule has 2 amide bonds. The monoisotopic (exact) mass is 787 g/mol. The van der Waals surface area contributed by atoms with E-state index in [4.69, 9.17) is 49.0 Å². The van der Waals surface area contributed by atoms with Gasteiger partial charge in [0.15, 0.2) is 11.5 Å². The lowest BCUT2D eigenvalue weighted by Crippen LogP contribution is -2.54. The third-order valence-corrected chi connectivity index (χ3v) is 11.7. The Labute approximate surface area is 319 Å². The smallest absolute Gasteiger partial charge is 0.265 e. The van der Waals surface area contributed by atoms with Crippen LogP contribution >= 0.6 is 34.8 Å². The maximum atomic E-state index is 14.9. The molecule has 4 aromatic carbocycles. The first-order valence-corrected chi connectivity index (χ1v) is 19.2. The molecule has 1 fully saturated rings. The maximum absolute atomic E-state index is 14.9. The Morgan fingerprint density at radius 1 is 0.808 bits per heavy atom. The van der Waals surface area contributed by atoms with Crippen LogP contribution in [0.5, 0.6) is 17.2 Å². The lowest BCUT2D eigenvalue weighted by atomic mass is 10.0. The molecule has 52 heavy (non-hydrogen) atoms. The van der Waals surface area contributed by atoms with Crippen LogP contribution in [0.1, 0.15) is 36.8 Å². The molecule has 0 bridgehead atoms. The summed E-state index contributed by atoms with van der Waals surface area (Å²) in [4.78, 5) is 30.4. The zero-order chi connectivity index (χ0) is 37.4. The van der Waals surface area contributed by atoms with Crippen molar-refractivity contribution in [2.24, 2.45) is 0 Å². The highest BCUT2D eigenvalue weighted by molar-refractivity contribution is 7.92. The molecule has 14 heteroatoms. The Morgan fingerprint density at radius 2 is 1.44 bits per heavy atom. The predicted octanol–water partition coefficient (Wildman–Crippen LogP) is 7.57. The van der Waals surface area contributed by atoms with E-state index in [9.17, 15) is 18.0 Å².